The first-order valence-corrected chi connectivity index (χ1v) is 3.70. The average Bonchev–Trinajstić information content (AvgIpc) is 2.04. The van der Waals surface area contributed by atoms with Gasteiger partial charge in [-0.25, -0.2) is 0 Å². The summed E-state index contributed by atoms with van der Waals surface area (Å²) in [5.41, 5.74) is 6.59. The van der Waals surface area contributed by atoms with Crippen molar-refractivity contribution >= 4 is 5.91 Å². The molecular formula is C9H11NO2. The molecule has 0 bridgehead atoms. The highest BCUT2D eigenvalue weighted by molar-refractivity contribution is 5.76. The molecule has 0 spiro atoms. The molecule has 0 fully saturated rings. The predicted octanol–water partition coefficient (Wildman–Crippen LogP) is 0.207. The van der Waals surface area contributed by atoms with Crippen LogP contribution >= 0.6 is 0 Å². The van der Waals surface area contributed by atoms with Gasteiger partial charge in [0.1, 0.15) is 0 Å². The largest absolute Gasteiger partial charge is 0.392 e. The first kappa shape index (κ1) is 8.74. The zero-order valence-corrected chi connectivity index (χ0v) is 6.66. The number of benzene rings is 1. The number of primary amides is 1. The molecule has 1 amide bonds. The van der Waals surface area contributed by atoms with E-state index in [1.807, 2.05) is 12.1 Å². The molecule has 3 heteroatoms. The third kappa shape index (κ3) is 2.07. The van der Waals surface area contributed by atoms with Crippen LogP contribution in [0.3, 0.4) is 0 Å². The van der Waals surface area contributed by atoms with E-state index in [0.717, 1.165) is 11.1 Å². The number of aliphatic hydroxyl groups is 1. The van der Waals surface area contributed by atoms with Crippen LogP contribution in [0.15, 0.2) is 24.3 Å². The fourth-order valence-electron chi connectivity index (χ4n) is 1.07. The SMILES string of the molecule is NC(=O)Cc1ccccc1CO. The summed E-state index contributed by atoms with van der Waals surface area (Å²) in [7, 11) is 0. The Hall–Kier alpha value is -1.35. The van der Waals surface area contributed by atoms with E-state index in [1.165, 1.54) is 0 Å². The zero-order valence-electron chi connectivity index (χ0n) is 6.66. The number of nitrogens with two attached hydrogens (primary N) is 1. The summed E-state index contributed by atoms with van der Waals surface area (Å²) in [6.07, 6.45) is 0.191. The van der Waals surface area contributed by atoms with E-state index in [4.69, 9.17) is 10.8 Å². The number of amides is 1. The van der Waals surface area contributed by atoms with Crippen LogP contribution in [0.25, 0.3) is 0 Å². The van der Waals surface area contributed by atoms with E-state index >= 15 is 0 Å². The molecule has 0 atom stereocenters. The van der Waals surface area contributed by atoms with Crippen molar-refractivity contribution in [3.8, 4) is 0 Å². The van der Waals surface area contributed by atoms with Crippen LogP contribution in [-0.2, 0) is 17.8 Å². The molecule has 0 radical (unpaired) electrons. The summed E-state index contributed by atoms with van der Waals surface area (Å²) in [6, 6.07) is 7.20. The summed E-state index contributed by atoms with van der Waals surface area (Å²) in [6.45, 7) is -0.0521. The third-order valence-electron chi connectivity index (χ3n) is 1.65. The molecular weight excluding hydrogens is 154 g/mol. The molecule has 64 valence electrons. The maximum Gasteiger partial charge on any atom is 0.221 e. The molecule has 0 aromatic heterocycles. The van der Waals surface area contributed by atoms with Gasteiger partial charge < -0.3 is 10.8 Å². The lowest BCUT2D eigenvalue weighted by Gasteiger charge is -2.03. The third-order valence-corrected chi connectivity index (χ3v) is 1.65. The molecule has 0 aliphatic rings. The number of hydrogen-bond acceptors (Lipinski definition) is 2. The average molecular weight is 165 g/mol. The Labute approximate surface area is 70.8 Å². The minimum Gasteiger partial charge on any atom is -0.392 e. The molecule has 0 aliphatic carbocycles. The minimum atomic E-state index is -0.379. The van der Waals surface area contributed by atoms with Gasteiger partial charge >= 0.3 is 0 Å². The normalized spacial score (nSPS) is 9.75. The molecule has 0 aliphatic heterocycles. The van der Waals surface area contributed by atoms with Gasteiger partial charge in [-0.05, 0) is 11.1 Å². The maximum absolute atomic E-state index is 10.6. The molecule has 0 saturated heterocycles. The van der Waals surface area contributed by atoms with Crippen molar-refractivity contribution in [1.29, 1.82) is 0 Å². The molecule has 3 nitrogen and oxygen atoms in total. The lowest BCUT2D eigenvalue weighted by atomic mass is 10.1. The van der Waals surface area contributed by atoms with E-state index in [0.29, 0.717) is 0 Å². The van der Waals surface area contributed by atoms with Crippen molar-refractivity contribution < 1.29 is 9.90 Å². The standard InChI is InChI=1S/C9H11NO2/c10-9(12)5-7-3-1-2-4-8(7)6-11/h1-4,11H,5-6H2,(H2,10,12). The molecule has 0 saturated carbocycles. The lowest BCUT2D eigenvalue weighted by molar-refractivity contribution is -0.117. The Kier molecular flexibility index (Phi) is 2.82. The van der Waals surface area contributed by atoms with Gasteiger partial charge in [0.15, 0.2) is 0 Å². The van der Waals surface area contributed by atoms with Crippen molar-refractivity contribution in [3.63, 3.8) is 0 Å². The van der Waals surface area contributed by atoms with Gasteiger partial charge in [0.25, 0.3) is 0 Å². The number of aliphatic hydroxyl groups excluding tert-OH is 1. The van der Waals surface area contributed by atoms with Crippen molar-refractivity contribution in [2.24, 2.45) is 5.73 Å². The number of carbonyl (C=O) groups is 1. The highest BCUT2D eigenvalue weighted by Crippen LogP contribution is 2.08. The van der Waals surface area contributed by atoms with Gasteiger partial charge in [-0.15, -0.1) is 0 Å². The molecule has 1 rings (SSSR count). The van der Waals surface area contributed by atoms with Gasteiger partial charge in [0, 0.05) is 0 Å². The molecule has 3 N–H and O–H groups in total. The van der Waals surface area contributed by atoms with E-state index in [2.05, 4.69) is 0 Å². The second-order valence-electron chi connectivity index (χ2n) is 2.57. The number of rotatable bonds is 3. The van der Waals surface area contributed by atoms with E-state index < -0.39 is 0 Å². The zero-order chi connectivity index (χ0) is 8.97. The van der Waals surface area contributed by atoms with Crippen molar-refractivity contribution in [2.75, 3.05) is 0 Å². The quantitative estimate of drug-likeness (QED) is 0.672. The Balaban J connectivity index is 2.89. The van der Waals surface area contributed by atoms with E-state index in [9.17, 15) is 4.79 Å². The fraction of sp³-hybridized carbons (Fsp3) is 0.222. The van der Waals surface area contributed by atoms with Crippen molar-refractivity contribution in [2.45, 2.75) is 13.0 Å². The van der Waals surface area contributed by atoms with Crippen molar-refractivity contribution in [1.82, 2.24) is 0 Å². The Morgan fingerprint density at radius 1 is 1.33 bits per heavy atom. The first-order valence-electron chi connectivity index (χ1n) is 3.70. The first-order chi connectivity index (χ1) is 5.74. The molecule has 12 heavy (non-hydrogen) atoms. The second kappa shape index (κ2) is 3.88. The Bertz CT molecular complexity index is 284. The molecule has 0 heterocycles. The van der Waals surface area contributed by atoms with Crippen LogP contribution in [0, 0.1) is 0 Å². The van der Waals surface area contributed by atoms with Crippen LogP contribution in [0.5, 0.6) is 0 Å². The van der Waals surface area contributed by atoms with Gasteiger partial charge in [-0.1, -0.05) is 24.3 Å². The molecule has 1 aromatic carbocycles. The summed E-state index contributed by atoms with van der Waals surface area (Å²) >= 11 is 0. The summed E-state index contributed by atoms with van der Waals surface area (Å²) in [4.78, 5) is 10.6. The van der Waals surface area contributed by atoms with Crippen LogP contribution in [0.1, 0.15) is 11.1 Å². The Morgan fingerprint density at radius 2 is 1.92 bits per heavy atom. The topological polar surface area (TPSA) is 63.3 Å². The van der Waals surface area contributed by atoms with E-state index in [-0.39, 0.29) is 18.9 Å². The van der Waals surface area contributed by atoms with Crippen LogP contribution < -0.4 is 5.73 Å². The smallest absolute Gasteiger partial charge is 0.221 e. The Morgan fingerprint density at radius 3 is 2.42 bits per heavy atom. The van der Waals surface area contributed by atoms with Gasteiger partial charge in [0.2, 0.25) is 5.91 Å². The number of hydrogen-bond donors (Lipinski definition) is 2. The van der Waals surface area contributed by atoms with Gasteiger partial charge in [-0.2, -0.15) is 0 Å². The van der Waals surface area contributed by atoms with Crippen LogP contribution in [0.4, 0.5) is 0 Å². The van der Waals surface area contributed by atoms with Crippen LogP contribution in [-0.4, -0.2) is 11.0 Å². The van der Waals surface area contributed by atoms with Gasteiger partial charge in [-0.3, -0.25) is 4.79 Å². The molecule has 1 aromatic rings. The predicted molar refractivity (Wildman–Crippen MR) is 45.3 cm³/mol. The van der Waals surface area contributed by atoms with E-state index in [1.54, 1.807) is 12.1 Å². The highest BCUT2D eigenvalue weighted by atomic mass is 16.3. The lowest BCUT2D eigenvalue weighted by Crippen LogP contribution is -2.14. The number of carbonyl (C=O) groups excluding carboxylic acids is 1. The van der Waals surface area contributed by atoms with Crippen molar-refractivity contribution in [3.05, 3.63) is 35.4 Å². The second-order valence-corrected chi connectivity index (χ2v) is 2.57. The monoisotopic (exact) mass is 165 g/mol. The summed E-state index contributed by atoms with van der Waals surface area (Å²) in [5.74, 6) is -0.379. The van der Waals surface area contributed by atoms with Crippen LogP contribution in [0.2, 0.25) is 0 Å². The fourth-order valence-corrected chi connectivity index (χ4v) is 1.07. The summed E-state index contributed by atoms with van der Waals surface area (Å²) < 4.78 is 0. The minimum absolute atomic E-state index is 0.0521. The van der Waals surface area contributed by atoms with Gasteiger partial charge in [0.05, 0.1) is 13.0 Å². The highest BCUT2D eigenvalue weighted by Gasteiger charge is 2.02. The molecule has 0 unspecified atom stereocenters. The maximum atomic E-state index is 10.6. The summed E-state index contributed by atoms with van der Waals surface area (Å²) in [5, 5.41) is 8.88.